The molecule has 7 heterocycles. The number of ether oxygens (including phenoxy) is 1. The minimum absolute atomic E-state index is 0.00137. The number of aromatic nitrogens is 5. The molecule has 9 rings (SSSR count). The first-order valence-electron chi connectivity index (χ1n) is 17.9. The summed E-state index contributed by atoms with van der Waals surface area (Å²) in [4.78, 5) is 40.8. The van der Waals surface area contributed by atoms with Gasteiger partial charge in [-0.1, -0.05) is 36.3 Å². The number of benzene rings is 2. The van der Waals surface area contributed by atoms with Crippen molar-refractivity contribution in [2.45, 2.75) is 31.0 Å². The molecule has 0 spiro atoms. The molecule has 4 fully saturated rings. The Kier molecular flexibility index (Phi) is 8.22. The topological polar surface area (TPSA) is 100 Å². The highest BCUT2D eigenvalue weighted by Gasteiger charge is 2.49. The summed E-state index contributed by atoms with van der Waals surface area (Å²) in [5.74, 6) is 1.08. The molecule has 4 aliphatic rings. The highest BCUT2D eigenvalue weighted by Crippen LogP contribution is 2.42. The van der Waals surface area contributed by atoms with Gasteiger partial charge in [-0.05, 0) is 36.9 Å². The van der Waals surface area contributed by atoms with E-state index in [1.54, 1.807) is 18.3 Å². The molecule has 268 valence electrons. The van der Waals surface area contributed by atoms with Crippen LogP contribution in [0.5, 0.6) is 6.01 Å². The highest BCUT2D eigenvalue weighted by molar-refractivity contribution is 6.02. The first-order chi connectivity index (χ1) is 25.8. The van der Waals surface area contributed by atoms with Crippen LogP contribution in [0.1, 0.15) is 30.7 Å². The third-order valence-electron chi connectivity index (χ3n) is 11.3. The van der Waals surface area contributed by atoms with E-state index in [9.17, 15) is 13.6 Å². The van der Waals surface area contributed by atoms with E-state index in [1.165, 1.54) is 17.3 Å². The molecule has 2 aromatic carbocycles. The van der Waals surface area contributed by atoms with Crippen LogP contribution in [0.25, 0.3) is 39.0 Å². The van der Waals surface area contributed by atoms with Gasteiger partial charge >= 0.3 is 6.01 Å². The quantitative estimate of drug-likeness (QED) is 0.157. The van der Waals surface area contributed by atoms with Crippen molar-refractivity contribution in [1.82, 2.24) is 34.7 Å². The van der Waals surface area contributed by atoms with Crippen molar-refractivity contribution < 1.29 is 22.7 Å². The summed E-state index contributed by atoms with van der Waals surface area (Å²) in [6.07, 6.45) is 12.6. The lowest BCUT2D eigenvalue weighted by Gasteiger charge is -2.31. The van der Waals surface area contributed by atoms with Gasteiger partial charge in [-0.25, -0.2) is 23.1 Å². The van der Waals surface area contributed by atoms with Gasteiger partial charge in [-0.15, -0.1) is 6.42 Å². The second-order valence-electron chi connectivity index (χ2n) is 14.5. The normalized spacial score (nSPS) is 24.2. The van der Waals surface area contributed by atoms with Gasteiger partial charge in [0, 0.05) is 92.2 Å². The van der Waals surface area contributed by atoms with Crippen molar-refractivity contribution in [1.29, 1.82) is 0 Å². The zero-order valence-electron chi connectivity index (χ0n) is 28.8. The molecule has 4 aliphatic heterocycles. The van der Waals surface area contributed by atoms with Gasteiger partial charge in [0.1, 0.15) is 29.8 Å². The van der Waals surface area contributed by atoms with Crippen molar-refractivity contribution in [3.63, 3.8) is 0 Å². The van der Waals surface area contributed by atoms with E-state index < -0.39 is 29.3 Å². The summed E-state index contributed by atoms with van der Waals surface area (Å²) in [6, 6.07) is 12.8. The Bertz CT molecular complexity index is 2320. The standard InChI is InChI=1S/C40H35F3N8O2/c1-2-24-7-3-8-25-9-4-10-29(33(24)25)35-34(43)36-30(17-46-35)37(48-39(47-36)53-23-40-11-5-14-51(40)22-28(41)16-40)49-18-26-20-50(21-27(26)19-49)38(52)31(42)15-32-44-12-6-13-45-32/h1,3-4,6-10,12-13,15,17,26-28H,5,11,14,16,18-23H2/b31-15-/t26-,27+,28-,40+/m1/s1. The lowest BCUT2D eigenvalue weighted by Crippen LogP contribution is -2.43. The fraction of sp³-hybridized carbons (Fsp3) is 0.350. The molecule has 13 heteroatoms. The van der Waals surface area contributed by atoms with Gasteiger partial charge in [0.25, 0.3) is 5.91 Å². The summed E-state index contributed by atoms with van der Waals surface area (Å²) in [5.41, 5.74) is 0.853. The third-order valence-corrected chi connectivity index (χ3v) is 11.3. The molecular formula is C40H35F3N8O2. The lowest BCUT2D eigenvalue weighted by atomic mass is 9.95. The van der Waals surface area contributed by atoms with Gasteiger partial charge in [0.2, 0.25) is 0 Å². The first kappa shape index (κ1) is 33.2. The van der Waals surface area contributed by atoms with Crippen LogP contribution in [-0.4, -0.2) is 98.2 Å². The van der Waals surface area contributed by atoms with Crippen LogP contribution in [0.15, 0.2) is 66.9 Å². The summed E-state index contributed by atoms with van der Waals surface area (Å²) >= 11 is 0. The Morgan fingerprint density at radius 3 is 2.57 bits per heavy atom. The Balaban J connectivity index is 1.05. The van der Waals surface area contributed by atoms with Crippen molar-refractivity contribution in [3.05, 3.63) is 84.1 Å². The summed E-state index contributed by atoms with van der Waals surface area (Å²) in [7, 11) is 0. The number of halogens is 3. The number of likely N-dealkylation sites (tertiary alicyclic amines) is 1. The SMILES string of the molecule is C#Cc1cccc2cccc(-c3ncc4c(N5C[C@H]6CN(C(=O)/C(F)=C/c7ncccn7)C[C@H]6C5)nc(OC[C@@]56CCCN5C[C@H](F)C6)nc4c3F)c12. The number of hydrogen-bond acceptors (Lipinski definition) is 9. The second-order valence-corrected chi connectivity index (χ2v) is 14.5. The van der Waals surface area contributed by atoms with Crippen molar-refractivity contribution in [2.75, 3.05) is 50.8 Å². The van der Waals surface area contributed by atoms with Gasteiger partial charge in [-0.2, -0.15) is 9.97 Å². The van der Waals surface area contributed by atoms with Crippen molar-refractivity contribution in [2.24, 2.45) is 11.8 Å². The Morgan fingerprint density at radius 1 is 1.02 bits per heavy atom. The van der Waals surface area contributed by atoms with Crippen LogP contribution in [0.2, 0.25) is 0 Å². The Morgan fingerprint density at radius 2 is 1.79 bits per heavy atom. The van der Waals surface area contributed by atoms with Gasteiger partial charge < -0.3 is 14.5 Å². The maximum absolute atomic E-state index is 16.9. The Hall–Kier alpha value is -5.61. The fourth-order valence-electron chi connectivity index (χ4n) is 8.86. The predicted octanol–water partition coefficient (Wildman–Crippen LogP) is 5.62. The number of fused-ring (bicyclic) bond motifs is 4. The highest BCUT2D eigenvalue weighted by atomic mass is 19.1. The van der Waals surface area contributed by atoms with Crippen LogP contribution in [0, 0.1) is 30.0 Å². The summed E-state index contributed by atoms with van der Waals surface area (Å²) in [6.45, 7) is 3.04. The average molecular weight is 717 g/mol. The first-order valence-corrected chi connectivity index (χ1v) is 17.9. The number of alkyl halides is 1. The minimum Gasteiger partial charge on any atom is -0.461 e. The summed E-state index contributed by atoms with van der Waals surface area (Å²) in [5, 5.41) is 1.98. The van der Waals surface area contributed by atoms with Gasteiger partial charge in [0.05, 0.1) is 10.9 Å². The molecule has 10 nitrogen and oxygen atoms in total. The minimum atomic E-state index is -0.933. The van der Waals surface area contributed by atoms with Crippen LogP contribution in [0.4, 0.5) is 19.0 Å². The molecule has 0 bridgehead atoms. The van der Waals surface area contributed by atoms with E-state index in [-0.39, 0.29) is 41.5 Å². The predicted molar refractivity (Wildman–Crippen MR) is 194 cm³/mol. The van der Waals surface area contributed by atoms with E-state index >= 15 is 4.39 Å². The molecule has 1 amide bonds. The van der Waals surface area contributed by atoms with E-state index in [0.29, 0.717) is 66.9 Å². The molecule has 3 aromatic heterocycles. The van der Waals surface area contributed by atoms with Gasteiger partial charge in [0.15, 0.2) is 17.5 Å². The maximum atomic E-state index is 16.9. The van der Waals surface area contributed by atoms with E-state index in [1.807, 2.05) is 35.2 Å². The largest absolute Gasteiger partial charge is 0.461 e. The fourth-order valence-corrected chi connectivity index (χ4v) is 8.86. The number of carbonyl (C=O) groups excluding carboxylic acids is 1. The van der Waals surface area contributed by atoms with Crippen molar-refractivity contribution in [3.8, 4) is 29.6 Å². The van der Waals surface area contributed by atoms with Crippen LogP contribution in [-0.2, 0) is 4.79 Å². The molecule has 0 radical (unpaired) electrons. The maximum Gasteiger partial charge on any atom is 0.319 e. The number of hydrogen-bond donors (Lipinski definition) is 0. The van der Waals surface area contributed by atoms with Gasteiger partial charge in [-0.3, -0.25) is 14.7 Å². The van der Waals surface area contributed by atoms with E-state index in [4.69, 9.17) is 16.1 Å². The van der Waals surface area contributed by atoms with Crippen LogP contribution < -0.4 is 9.64 Å². The monoisotopic (exact) mass is 716 g/mol. The molecule has 5 aromatic rings. The van der Waals surface area contributed by atoms with Crippen LogP contribution in [0.3, 0.4) is 0 Å². The zero-order valence-corrected chi connectivity index (χ0v) is 28.8. The number of anilines is 1. The molecular weight excluding hydrogens is 681 g/mol. The Labute approximate surface area is 303 Å². The molecule has 0 unspecified atom stereocenters. The zero-order chi connectivity index (χ0) is 36.3. The van der Waals surface area contributed by atoms with Crippen molar-refractivity contribution >= 4 is 39.5 Å². The molecule has 4 saturated heterocycles. The number of terminal acetylenes is 1. The average Bonchev–Trinajstić information content (AvgIpc) is 3.93. The number of rotatable bonds is 7. The lowest BCUT2D eigenvalue weighted by molar-refractivity contribution is -0.127. The number of pyridine rings is 1. The van der Waals surface area contributed by atoms with E-state index in [2.05, 4.69) is 30.8 Å². The van der Waals surface area contributed by atoms with Crippen LogP contribution >= 0.6 is 0 Å². The third kappa shape index (κ3) is 5.81. The smallest absolute Gasteiger partial charge is 0.319 e. The summed E-state index contributed by atoms with van der Waals surface area (Å²) < 4.78 is 52.8. The van der Waals surface area contributed by atoms with E-state index in [0.717, 1.165) is 30.8 Å². The molecule has 0 aliphatic carbocycles. The number of amides is 1. The number of nitrogens with zero attached hydrogens (tertiary/aromatic N) is 8. The second kappa shape index (κ2) is 13.1. The molecule has 0 N–H and O–H groups in total. The molecule has 4 atom stereocenters. The molecule has 53 heavy (non-hydrogen) atoms. The number of carbonyl (C=O) groups is 1. The molecule has 0 saturated carbocycles.